The van der Waals surface area contributed by atoms with Crippen LogP contribution in [-0.2, 0) is 16.0 Å². The molecule has 1 amide bonds. The molecule has 1 unspecified atom stereocenters. The van der Waals surface area contributed by atoms with E-state index in [4.69, 9.17) is 9.47 Å². The average molecular weight is 289 g/mol. The summed E-state index contributed by atoms with van der Waals surface area (Å²) in [5, 5.41) is 2.86. The van der Waals surface area contributed by atoms with Crippen molar-refractivity contribution in [2.75, 3.05) is 20.3 Å². The van der Waals surface area contributed by atoms with Crippen molar-refractivity contribution in [2.24, 2.45) is 5.92 Å². The molecule has 4 heteroatoms. The summed E-state index contributed by atoms with van der Waals surface area (Å²) in [5.74, 6) is 1.71. The third kappa shape index (κ3) is 3.38. The average Bonchev–Trinajstić information content (AvgIpc) is 3.01. The van der Waals surface area contributed by atoms with Gasteiger partial charge in [0.2, 0.25) is 5.91 Å². The van der Waals surface area contributed by atoms with Crippen LogP contribution in [0, 0.1) is 5.92 Å². The molecule has 21 heavy (non-hydrogen) atoms. The van der Waals surface area contributed by atoms with E-state index in [0.717, 1.165) is 23.7 Å². The Kier molecular flexibility index (Phi) is 4.44. The van der Waals surface area contributed by atoms with Gasteiger partial charge in [0, 0.05) is 6.54 Å². The SMILES string of the molecule is COc1ccc(C2CNC(=O)CO2)cc1CC1CCCC1. The Morgan fingerprint density at radius 2 is 2.14 bits per heavy atom. The van der Waals surface area contributed by atoms with Crippen LogP contribution in [0.5, 0.6) is 5.75 Å². The summed E-state index contributed by atoms with van der Waals surface area (Å²) in [6.45, 7) is 0.697. The van der Waals surface area contributed by atoms with E-state index < -0.39 is 0 Å². The van der Waals surface area contributed by atoms with Gasteiger partial charge in [-0.3, -0.25) is 4.79 Å². The molecule has 1 N–H and O–H groups in total. The molecule has 2 fully saturated rings. The molecule has 0 spiro atoms. The lowest BCUT2D eigenvalue weighted by Crippen LogP contribution is -2.38. The molecular weight excluding hydrogens is 266 g/mol. The minimum Gasteiger partial charge on any atom is -0.496 e. The second-order valence-electron chi connectivity index (χ2n) is 6.03. The van der Waals surface area contributed by atoms with Crippen LogP contribution >= 0.6 is 0 Å². The number of morpholine rings is 1. The molecule has 1 aliphatic carbocycles. The van der Waals surface area contributed by atoms with Crippen LogP contribution in [-0.4, -0.2) is 26.2 Å². The zero-order valence-corrected chi connectivity index (χ0v) is 12.6. The van der Waals surface area contributed by atoms with Crippen LogP contribution in [0.4, 0.5) is 0 Å². The minimum atomic E-state index is -0.0454. The van der Waals surface area contributed by atoms with E-state index in [9.17, 15) is 4.79 Å². The first kappa shape index (κ1) is 14.4. The van der Waals surface area contributed by atoms with Gasteiger partial charge in [0.25, 0.3) is 0 Å². The van der Waals surface area contributed by atoms with Gasteiger partial charge in [-0.25, -0.2) is 0 Å². The Morgan fingerprint density at radius 3 is 2.81 bits per heavy atom. The van der Waals surface area contributed by atoms with Crippen LogP contribution in [0.15, 0.2) is 18.2 Å². The summed E-state index contributed by atoms with van der Waals surface area (Å²) in [6, 6.07) is 6.26. The fourth-order valence-corrected chi connectivity index (χ4v) is 3.39. The topological polar surface area (TPSA) is 47.6 Å². The van der Waals surface area contributed by atoms with Crippen LogP contribution in [0.3, 0.4) is 0 Å². The molecule has 0 radical (unpaired) electrons. The molecule has 1 saturated carbocycles. The van der Waals surface area contributed by atoms with E-state index >= 15 is 0 Å². The number of carbonyl (C=O) groups excluding carboxylic acids is 1. The molecular formula is C17H23NO3. The molecule has 1 aliphatic heterocycles. The lowest BCUT2D eigenvalue weighted by molar-refractivity contribution is -0.133. The van der Waals surface area contributed by atoms with Gasteiger partial charge in [-0.05, 0) is 35.6 Å². The minimum absolute atomic E-state index is 0.0362. The Balaban J connectivity index is 1.77. The van der Waals surface area contributed by atoms with Crippen molar-refractivity contribution >= 4 is 5.91 Å². The highest BCUT2D eigenvalue weighted by molar-refractivity contribution is 5.77. The number of hydrogen-bond acceptors (Lipinski definition) is 3. The first-order chi connectivity index (χ1) is 10.3. The normalized spacial score (nSPS) is 23.1. The van der Waals surface area contributed by atoms with Gasteiger partial charge in [0.05, 0.1) is 7.11 Å². The Bertz CT molecular complexity index is 499. The fraction of sp³-hybridized carbons (Fsp3) is 0.588. The van der Waals surface area contributed by atoms with Crippen molar-refractivity contribution in [3.63, 3.8) is 0 Å². The summed E-state index contributed by atoms with van der Waals surface area (Å²) in [5.41, 5.74) is 2.39. The monoisotopic (exact) mass is 289 g/mol. The predicted molar refractivity (Wildman–Crippen MR) is 80.4 cm³/mol. The maximum atomic E-state index is 11.2. The summed E-state index contributed by atoms with van der Waals surface area (Å²) in [6.07, 6.45) is 6.38. The molecule has 1 heterocycles. The second-order valence-corrected chi connectivity index (χ2v) is 6.03. The van der Waals surface area contributed by atoms with E-state index in [-0.39, 0.29) is 18.6 Å². The zero-order valence-electron chi connectivity index (χ0n) is 12.6. The summed E-state index contributed by atoms with van der Waals surface area (Å²) in [7, 11) is 1.73. The number of benzene rings is 1. The lowest BCUT2D eigenvalue weighted by atomic mass is 9.94. The summed E-state index contributed by atoms with van der Waals surface area (Å²) in [4.78, 5) is 11.2. The van der Waals surface area contributed by atoms with Gasteiger partial charge < -0.3 is 14.8 Å². The van der Waals surface area contributed by atoms with Gasteiger partial charge >= 0.3 is 0 Å². The van der Waals surface area contributed by atoms with Gasteiger partial charge in [0.1, 0.15) is 18.5 Å². The third-order valence-electron chi connectivity index (χ3n) is 4.56. The number of amides is 1. The predicted octanol–water partition coefficient (Wildman–Crippen LogP) is 2.62. The van der Waals surface area contributed by atoms with E-state index in [1.807, 2.05) is 12.1 Å². The van der Waals surface area contributed by atoms with Gasteiger partial charge in [-0.1, -0.05) is 31.7 Å². The number of ether oxygens (including phenoxy) is 2. The van der Waals surface area contributed by atoms with Crippen molar-refractivity contribution in [1.29, 1.82) is 0 Å². The first-order valence-electron chi connectivity index (χ1n) is 7.81. The number of methoxy groups -OCH3 is 1. The van der Waals surface area contributed by atoms with Gasteiger partial charge in [-0.15, -0.1) is 0 Å². The molecule has 0 aromatic heterocycles. The largest absolute Gasteiger partial charge is 0.496 e. The number of rotatable bonds is 4. The number of nitrogens with one attached hydrogen (secondary N) is 1. The maximum absolute atomic E-state index is 11.2. The molecule has 1 saturated heterocycles. The van der Waals surface area contributed by atoms with Crippen molar-refractivity contribution in [3.8, 4) is 5.75 Å². The second kappa shape index (κ2) is 6.48. The van der Waals surface area contributed by atoms with Crippen LogP contribution in [0.25, 0.3) is 0 Å². The summed E-state index contributed by atoms with van der Waals surface area (Å²) < 4.78 is 11.1. The Labute approximate surface area is 125 Å². The summed E-state index contributed by atoms with van der Waals surface area (Å²) >= 11 is 0. The highest BCUT2D eigenvalue weighted by Gasteiger charge is 2.22. The number of hydrogen-bond donors (Lipinski definition) is 1. The highest BCUT2D eigenvalue weighted by atomic mass is 16.5. The van der Waals surface area contributed by atoms with E-state index in [0.29, 0.717) is 6.54 Å². The fourth-order valence-electron chi connectivity index (χ4n) is 3.39. The van der Waals surface area contributed by atoms with E-state index in [1.54, 1.807) is 7.11 Å². The van der Waals surface area contributed by atoms with Gasteiger partial charge in [0.15, 0.2) is 0 Å². The third-order valence-corrected chi connectivity index (χ3v) is 4.56. The molecule has 2 aliphatic rings. The maximum Gasteiger partial charge on any atom is 0.246 e. The molecule has 0 bridgehead atoms. The van der Waals surface area contributed by atoms with E-state index in [2.05, 4.69) is 11.4 Å². The standard InChI is InChI=1S/C17H23NO3/c1-20-15-7-6-13(16-10-18-17(19)11-21-16)9-14(15)8-12-4-2-3-5-12/h6-7,9,12,16H,2-5,8,10-11H2,1H3,(H,18,19). The van der Waals surface area contributed by atoms with Crippen molar-refractivity contribution < 1.29 is 14.3 Å². The van der Waals surface area contributed by atoms with Crippen LogP contribution < -0.4 is 10.1 Å². The molecule has 114 valence electrons. The van der Waals surface area contributed by atoms with Crippen LogP contribution in [0.2, 0.25) is 0 Å². The quantitative estimate of drug-likeness (QED) is 0.927. The van der Waals surface area contributed by atoms with Crippen LogP contribution in [0.1, 0.15) is 42.9 Å². The Morgan fingerprint density at radius 1 is 1.33 bits per heavy atom. The molecule has 4 nitrogen and oxygen atoms in total. The lowest BCUT2D eigenvalue weighted by Gasteiger charge is -2.24. The highest BCUT2D eigenvalue weighted by Crippen LogP contribution is 2.33. The zero-order chi connectivity index (χ0) is 14.7. The van der Waals surface area contributed by atoms with Crippen molar-refractivity contribution in [1.82, 2.24) is 5.32 Å². The Hall–Kier alpha value is -1.55. The van der Waals surface area contributed by atoms with Crippen molar-refractivity contribution in [2.45, 2.75) is 38.2 Å². The molecule has 1 aromatic carbocycles. The number of carbonyl (C=O) groups is 1. The first-order valence-corrected chi connectivity index (χ1v) is 7.81. The molecule has 1 aromatic rings. The van der Waals surface area contributed by atoms with Crippen molar-refractivity contribution in [3.05, 3.63) is 29.3 Å². The smallest absolute Gasteiger partial charge is 0.246 e. The van der Waals surface area contributed by atoms with E-state index in [1.165, 1.54) is 31.2 Å². The molecule has 1 atom stereocenters. The van der Waals surface area contributed by atoms with Gasteiger partial charge in [-0.2, -0.15) is 0 Å². The molecule has 3 rings (SSSR count).